The number of carbonyl (C=O) groups is 1. The molecule has 0 aromatic heterocycles. The van der Waals surface area contributed by atoms with Gasteiger partial charge in [-0.05, 0) is 43.9 Å². The molecule has 0 spiro atoms. The first-order chi connectivity index (χ1) is 8.13. The number of alkyl halides is 1. The molecule has 1 N–H and O–H groups in total. The number of anilines is 1. The first kappa shape index (κ1) is 13.0. The topological polar surface area (TPSA) is 29.1 Å². The van der Waals surface area contributed by atoms with Crippen molar-refractivity contribution in [1.29, 1.82) is 0 Å². The third-order valence-electron chi connectivity index (χ3n) is 3.11. The predicted octanol–water partition coefficient (Wildman–Crippen LogP) is 3.89. The maximum absolute atomic E-state index is 12.0. The minimum absolute atomic E-state index is 0.0576. The molecule has 0 saturated carbocycles. The molecule has 1 heterocycles. The number of thioether (sulfide) groups is 1. The number of amides is 1. The Bertz CT molecular complexity index is 447. The van der Waals surface area contributed by atoms with Crippen LogP contribution in [0.3, 0.4) is 0 Å². The Morgan fingerprint density at radius 3 is 2.88 bits per heavy atom. The van der Waals surface area contributed by atoms with Crippen LogP contribution in [0.15, 0.2) is 17.0 Å². The molecule has 92 valence electrons. The van der Waals surface area contributed by atoms with Gasteiger partial charge in [0.1, 0.15) is 0 Å². The Morgan fingerprint density at radius 1 is 1.41 bits per heavy atom. The van der Waals surface area contributed by atoms with E-state index in [1.165, 1.54) is 16.0 Å². The van der Waals surface area contributed by atoms with Gasteiger partial charge in [0.25, 0.3) is 0 Å². The maximum Gasteiger partial charge on any atom is 0.237 e. The van der Waals surface area contributed by atoms with Gasteiger partial charge >= 0.3 is 0 Å². The summed E-state index contributed by atoms with van der Waals surface area (Å²) in [4.78, 5) is 13.2. The number of carbonyl (C=O) groups excluding carboxylic acids is 1. The lowest BCUT2D eigenvalue weighted by molar-refractivity contribution is -0.115. The minimum Gasteiger partial charge on any atom is -0.324 e. The van der Waals surface area contributed by atoms with Crippen molar-refractivity contribution >= 4 is 39.3 Å². The first-order valence-electron chi connectivity index (χ1n) is 5.77. The highest BCUT2D eigenvalue weighted by Crippen LogP contribution is 2.40. The molecule has 1 unspecified atom stereocenters. The van der Waals surface area contributed by atoms with E-state index >= 15 is 0 Å². The van der Waals surface area contributed by atoms with Gasteiger partial charge in [-0.15, -0.1) is 11.8 Å². The molecule has 0 radical (unpaired) electrons. The molecule has 0 fully saturated rings. The van der Waals surface area contributed by atoms with Gasteiger partial charge in [0.05, 0.1) is 10.9 Å². The fourth-order valence-electron chi connectivity index (χ4n) is 1.91. The van der Waals surface area contributed by atoms with Crippen LogP contribution < -0.4 is 5.32 Å². The lowest BCUT2D eigenvalue weighted by atomic mass is 10.1. The Morgan fingerprint density at radius 2 is 2.18 bits per heavy atom. The molecule has 0 bridgehead atoms. The van der Waals surface area contributed by atoms with E-state index < -0.39 is 0 Å². The molecule has 2 rings (SSSR count). The number of rotatable bonds is 3. The van der Waals surface area contributed by atoms with Crippen molar-refractivity contribution in [2.24, 2.45) is 0 Å². The van der Waals surface area contributed by atoms with Crippen molar-refractivity contribution in [3.8, 4) is 0 Å². The Labute approximate surface area is 115 Å². The second kappa shape index (κ2) is 5.44. The van der Waals surface area contributed by atoms with Crippen LogP contribution in [-0.2, 0) is 4.79 Å². The summed E-state index contributed by atoms with van der Waals surface area (Å²) < 4.78 is 0. The lowest BCUT2D eigenvalue weighted by Gasteiger charge is -2.26. The van der Waals surface area contributed by atoms with E-state index in [2.05, 4.69) is 47.2 Å². The molecule has 1 aromatic carbocycles. The molecule has 1 atom stereocenters. The zero-order valence-corrected chi connectivity index (χ0v) is 12.5. The van der Waals surface area contributed by atoms with Crippen molar-refractivity contribution in [1.82, 2.24) is 0 Å². The Hall–Kier alpha value is -0.480. The van der Waals surface area contributed by atoms with E-state index in [1.807, 2.05) is 0 Å². The fraction of sp³-hybridized carbons (Fsp3) is 0.462. The molecule has 1 aliphatic heterocycles. The molecule has 1 aliphatic rings. The minimum atomic E-state index is 0.0576. The number of fused-ring (bicyclic) bond motifs is 1. The Kier molecular flexibility index (Phi) is 4.15. The smallest absolute Gasteiger partial charge is 0.237 e. The average Bonchev–Trinajstić information content (AvgIpc) is 2.32. The number of aryl methyl sites for hydroxylation is 1. The van der Waals surface area contributed by atoms with Gasteiger partial charge < -0.3 is 5.32 Å². The van der Waals surface area contributed by atoms with E-state index in [1.54, 1.807) is 11.8 Å². The summed E-state index contributed by atoms with van der Waals surface area (Å²) in [6.07, 6.45) is 1.96. The first-order valence-corrected chi connectivity index (χ1v) is 7.77. The summed E-state index contributed by atoms with van der Waals surface area (Å²) >= 11 is 5.10. The van der Waals surface area contributed by atoms with Crippen LogP contribution in [0.25, 0.3) is 0 Å². The van der Waals surface area contributed by atoms with Gasteiger partial charge in [0, 0.05) is 10.2 Å². The van der Waals surface area contributed by atoms with Crippen LogP contribution in [-0.4, -0.2) is 16.5 Å². The standard InChI is InChI=1S/C13H16BrNOS/c1-8-5-6-10-12(9(8)2)15-13(16)11(17-10)4-3-7-14/h5-6,11H,3-4,7H2,1-2H3,(H,15,16). The SMILES string of the molecule is Cc1ccc2c(c1C)NC(=O)C(CCCBr)S2. The molecule has 1 amide bonds. The van der Waals surface area contributed by atoms with Crippen LogP contribution >= 0.6 is 27.7 Å². The molecule has 17 heavy (non-hydrogen) atoms. The van der Waals surface area contributed by atoms with Gasteiger partial charge in [-0.2, -0.15) is 0 Å². The largest absolute Gasteiger partial charge is 0.324 e. The van der Waals surface area contributed by atoms with Crippen LogP contribution in [0, 0.1) is 13.8 Å². The number of hydrogen-bond acceptors (Lipinski definition) is 2. The summed E-state index contributed by atoms with van der Waals surface area (Å²) in [6.45, 7) is 4.14. The number of benzene rings is 1. The highest BCUT2D eigenvalue weighted by Gasteiger charge is 2.27. The normalized spacial score (nSPS) is 18.8. The highest BCUT2D eigenvalue weighted by molar-refractivity contribution is 9.09. The zero-order chi connectivity index (χ0) is 12.4. The van der Waals surface area contributed by atoms with Crippen molar-refractivity contribution in [3.63, 3.8) is 0 Å². The van der Waals surface area contributed by atoms with Crippen molar-refractivity contribution < 1.29 is 4.79 Å². The van der Waals surface area contributed by atoms with E-state index in [4.69, 9.17) is 0 Å². The lowest BCUT2D eigenvalue weighted by Crippen LogP contribution is -2.29. The van der Waals surface area contributed by atoms with Crippen molar-refractivity contribution in [2.45, 2.75) is 36.8 Å². The third-order valence-corrected chi connectivity index (χ3v) is 5.00. The predicted molar refractivity (Wildman–Crippen MR) is 77.2 cm³/mol. The number of halogens is 1. The van der Waals surface area contributed by atoms with Crippen LogP contribution in [0.4, 0.5) is 5.69 Å². The monoisotopic (exact) mass is 313 g/mol. The van der Waals surface area contributed by atoms with Crippen molar-refractivity contribution in [2.75, 3.05) is 10.6 Å². The van der Waals surface area contributed by atoms with E-state index in [-0.39, 0.29) is 11.2 Å². The average molecular weight is 314 g/mol. The number of hydrogen-bond donors (Lipinski definition) is 1. The van der Waals surface area contributed by atoms with Gasteiger partial charge in [-0.1, -0.05) is 22.0 Å². The Balaban J connectivity index is 2.24. The summed E-state index contributed by atoms with van der Waals surface area (Å²) in [5.74, 6) is 0.150. The quantitative estimate of drug-likeness (QED) is 0.858. The van der Waals surface area contributed by atoms with Crippen LogP contribution in [0.5, 0.6) is 0 Å². The molecule has 0 aliphatic carbocycles. The van der Waals surface area contributed by atoms with Crippen molar-refractivity contribution in [3.05, 3.63) is 23.3 Å². The van der Waals surface area contributed by atoms with Gasteiger partial charge in [0.2, 0.25) is 5.91 Å². The number of nitrogens with one attached hydrogen (secondary N) is 1. The molecule has 1 aromatic rings. The van der Waals surface area contributed by atoms with Crippen LogP contribution in [0.1, 0.15) is 24.0 Å². The van der Waals surface area contributed by atoms with E-state index in [0.29, 0.717) is 0 Å². The molecular weight excluding hydrogens is 298 g/mol. The summed E-state index contributed by atoms with van der Waals surface area (Å²) in [5, 5.41) is 4.07. The van der Waals surface area contributed by atoms with Gasteiger partial charge in [-0.3, -0.25) is 4.79 Å². The summed E-state index contributed by atoms with van der Waals surface area (Å²) in [5.41, 5.74) is 3.42. The van der Waals surface area contributed by atoms with Crippen LogP contribution in [0.2, 0.25) is 0 Å². The second-order valence-corrected chi connectivity index (χ2v) is 6.35. The summed E-state index contributed by atoms with van der Waals surface area (Å²) in [6, 6.07) is 4.24. The van der Waals surface area contributed by atoms with E-state index in [0.717, 1.165) is 23.9 Å². The van der Waals surface area contributed by atoms with E-state index in [9.17, 15) is 4.79 Å². The molecular formula is C13H16BrNOS. The molecule has 2 nitrogen and oxygen atoms in total. The third kappa shape index (κ3) is 2.68. The van der Waals surface area contributed by atoms with Gasteiger partial charge in [-0.25, -0.2) is 0 Å². The molecule has 0 saturated heterocycles. The van der Waals surface area contributed by atoms with Gasteiger partial charge in [0.15, 0.2) is 0 Å². The zero-order valence-electron chi connectivity index (χ0n) is 10.0. The summed E-state index contributed by atoms with van der Waals surface area (Å²) in [7, 11) is 0. The fourth-order valence-corrected chi connectivity index (χ4v) is 3.46. The molecule has 4 heteroatoms. The highest BCUT2D eigenvalue weighted by atomic mass is 79.9. The maximum atomic E-state index is 12.0. The second-order valence-electron chi connectivity index (χ2n) is 4.31.